The van der Waals surface area contributed by atoms with Crippen LogP contribution in [0, 0.1) is 5.82 Å². The van der Waals surface area contributed by atoms with E-state index in [-0.39, 0.29) is 17.0 Å². The van der Waals surface area contributed by atoms with Gasteiger partial charge in [0, 0.05) is 29.7 Å². The number of hydrogen-bond acceptors (Lipinski definition) is 3. The van der Waals surface area contributed by atoms with E-state index in [1.165, 1.54) is 16.4 Å². The van der Waals surface area contributed by atoms with Crippen LogP contribution < -0.4 is 5.73 Å². The quantitative estimate of drug-likeness (QED) is 0.806. The number of halogens is 2. The van der Waals surface area contributed by atoms with Gasteiger partial charge in [0.05, 0.1) is 0 Å². The molecule has 0 amide bonds. The maximum Gasteiger partial charge on any atom is 0.246 e. The number of unbranched alkanes of at least 4 members (excludes halogenated alkanes) is 1. The highest BCUT2D eigenvalue weighted by molar-refractivity contribution is 9.10. The molecule has 0 unspecified atom stereocenters. The Morgan fingerprint density at radius 2 is 2.00 bits per heavy atom. The number of sulfonamides is 1. The van der Waals surface area contributed by atoms with Gasteiger partial charge in [0.25, 0.3) is 0 Å². The van der Waals surface area contributed by atoms with Crippen molar-refractivity contribution in [2.75, 3.05) is 13.1 Å². The van der Waals surface area contributed by atoms with Crippen molar-refractivity contribution in [3.8, 4) is 0 Å². The second-order valence-corrected chi connectivity index (χ2v) is 7.25. The van der Waals surface area contributed by atoms with Crippen LogP contribution in [0.15, 0.2) is 21.5 Å². The average molecular weight is 367 g/mol. The van der Waals surface area contributed by atoms with Gasteiger partial charge in [0.2, 0.25) is 10.0 Å². The molecule has 114 valence electrons. The summed E-state index contributed by atoms with van der Waals surface area (Å²) < 4.78 is 41.1. The minimum atomic E-state index is -3.84. The number of nitrogens with zero attached hydrogens (tertiary/aromatic N) is 1. The zero-order valence-electron chi connectivity index (χ0n) is 11.7. The molecule has 7 heteroatoms. The van der Waals surface area contributed by atoms with Crippen molar-refractivity contribution in [1.82, 2.24) is 4.31 Å². The first-order valence-corrected chi connectivity index (χ1v) is 8.79. The van der Waals surface area contributed by atoms with Crippen LogP contribution in [0.2, 0.25) is 0 Å². The molecule has 0 atom stereocenters. The lowest BCUT2D eigenvalue weighted by Gasteiger charge is -2.21. The SMILES string of the molecule is CCCCN(CC)S(=O)(=O)c1cc(Br)cc(CN)c1F. The van der Waals surface area contributed by atoms with E-state index < -0.39 is 15.8 Å². The fraction of sp³-hybridized carbons (Fsp3) is 0.538. The topological polar surface area (TPSA) is 63.4 Å². The molecule has 20 heavy (non-hydrogen) atoms. The molecular weight excluding hydrogens is 347 g/mol. The Kier molecular flexibility index (Phi) is 6.57. The second-order valence-electron chi connectivity index (χ2n) is 4.43. The summed E-state index contributed by atoms with van der Waals surface area (Å²) in [4.78, 5) is -0.315. The summed E-state index contributed by atoms with van der Waals surface area (Å²) in [6.45, 7) is 4.37. The van der Waals surface area contributed by atoms with E-state index in [1.54, 1.807) is 6.92 Å². The van der Waals surface area contributed by atoms with Gasteiger partial charge in [-0.15, -0.1) is 0 Å². The molecule has 0 radical (unpaired) electrons. The zero-order valence-corrected chi connectivity index (χ0v) is 14.1. The van der Waals surface area contributed by atoms with Crippen LogP contribution in [0.4, 0.5) is 4.39 Å². The third kappa shape index (κ3) is 3.78. The van der Waals surface area contributed by atoms with Crippen molar-refractivity contribution in [2.45, 2.75) is 38.1 Å². The van der Waals surface area contributed by atoms with Crippen molar-refractivity contribution in [3.05, 3.63) is 28.0 Å². The number of hydrogen-bond donors (Lipinski definition) is 1. The Labute approximate surface area is 128 Å². The maximum atomic E-state index is 14.3. The molecule has 0 aromatic heterocycles. The van der Waals surface area contributed by atoms with Crippen LogP contribution >= 0.6 is 15.9 Å². The van der Waals surface area contributed by atoms with Gasteiger partial charge in [0.1, 0.15) is 10.7 Å². The Bertz CT molecular complexity index is 564. The van der Waals surface area contributed by atoms with E-state index in [2.05, 4.69) is 15.9 Å². The largest absolute Gasteiger partial charge is 0.326 e. The molecule has 0 aliphatic carbocycles. The number of nitrogens with two attached hydrogens (primary N) is 1. The Hall–Kier alpha value is -0.500. The van der Waals surface area contributed by atoms with Crippen molar-refractivity contribution < 1.29 is 12.8 Å². The zero-order chi connectivity index (χ0) is 15.3. The molecule has 0 spiro atoms. The first-order chi connectivity index (χ1) is 9.38. The van der Waals surface area contributed by atoms with Crippen LogP contribution in [0.1, 0.15) is 32.3 Å². The standard InChI is InChI=1S/C13H20BrFN2O2S/c1-3-5-6-17(4-2)20(18,19)12-8-11(14)7-10(9-16)13(12)15/h7-8H,3-6,9,16H2,1-2H3. The summed E-state index contributed by atoms with van der Waals surface area (Å²) >= 11 is 3.20. The van der Waals surface area contributed by atoms with Crippen LogP contribution in [0.5, 0.6) is 0 Å². The molecule has 1 aromatic carbocycles. The van der Waals surface area contributed by atoms with Gasteiger partial charge in [-0.1, -0.05) is 36.2 Å². The molecule has 4 nitrogen and oxygen atoms in total. The molecule has 1 aromatic rings. The molecule has 0 saturated carbocycles. The summed E-state index contributed by atoms with van der Waals surface area (Å²) in [7, 11) is -3.84. The van der Waals surface area contributed by atoms with Gasteiger partial charge in [-0.2, -0.15) is 4.31 Å². The van der Waals surface area contributed by atoms with Crippen LogP contribution in [0.25, 0.3) is 0 Å². The van der Waals surface area contributed by atoms with Crippen molar-refractivity contribution in [2.24, 2.45) is 5.73 Å². The molecule has 0 saturated heterocycles. The van der Waals surface area contributed by atoms with E-state index in [4.69, 9.17) is 5.73 Å². The van der Waals surface area contributed by atoms with Crippen LogP contribution in [0.3, 0.4) is 0 Å². The highest BCUT2D eigenvalue weighted by Crippen LogP contribution is 2.26. The second kappa shape index (κ2) is 7.49. The third-order valence-corrected chi connectivity index (χ3v) is 5.46. The van der Waals surface area contributed by atoms with E-state index in [1.807, 2.05) is 6.92 Å². The summed E-state index contributed by atoms with van der Waals surface area (Å²) in [5.74, 6) is -0.759. The molecule has 0 aliphatic heterocycles. The highest BCUT2D eigenvalue weighted by atomic mass is 79.9. The molecular formula is C13H20BrFN2O2S. The fourth-order valence-corrected chi connectivity index (χ4v) is 4.15. The monoisotopic (exact) mass is 366 g/mol. The molecule has 0 heterocycles. The Balaban J connectivity index is 3.30. The average Bonchev–Trinajstić information content (AvgIpc) is 2.41. The minimum absolute atomic E-state index is 0.0467. The first-order valence-electron chi connectivity index (χ1n) is 6.56. The smallest absolute Gasteiger partial charge is 0.246 e. The van der Waals surface area contributed by atoms with Crippen molar-refractivity contribution >= 4 is 26.0 Å². The van der Waals surface area contributed by atoms with E-state index in [0.29, 0.717) is 17.6 Å². The van der Waals surface area contributed by atoms with Crippen molar-refractivity contribution in [1.29, 1.82) is 0 Å². The lowest BCUT2D eigenvalue weighted by Crippen LogP contribution is -2.32. The van der Waals surface area contributed by atoms with Gasteiger partial charge in [-0.25, -0.2) is 12.8 Å². The Morgan fingerprint density at radius 1 is 1.35 bits per heavy atom. The fourth-order valence-electron chi connectivity index (χ4n) is 1.88. The summed E-state index contributed by atoms with van der Waals surface area (Å²) in [6, 6.07) is 2.79. The van der Waals surface area contributed by atoms with E-state index in [0.717, 1.165) is 12.8 Å². The molecule has 0 aliphatic rings. The van der Waals surface area contributed by atoms with Gasteiger partial charge in [-0.05, 0) is 18.6 Å². The van der Waals surface area contributed by atoms with Crippen LogP contribution in [-0.2, 0) is 16.6 Å². The van der Waals surface area contributed by atoms with Gasteiger partial charge in [0.15, 0.2) is 0 Å². The lowest BCUT2D eigenvalue weighted by molar-refractivity contribution is 0.414. The lowest BCUT2D eigenvalue weighted by atomic mass is 10.2. The maximum absolute atomic E-state index is 14.3. The predicted octanol–water partition coefficient (Wildman–Crippen LogP) is 2.86. The third-order valence-electron chi connectivity index (χ3n) is 3.03. The highest BCUT2D eigenvalue weighted by Gasteiger charge is 2.27. The Morgan fingerprint density at radius 3 is 2.50 bits per heavy atom. The molecule has 0 bridgehead atoms. The molecule has 2 N–H and O–H groups in total. The summed E-state index contributed by atoms with van der Waals surface area (Å²) in [5.41, 5.74) is 5.64. The minimum Gasteiger partial charge on any atom is -0.326 e. The molecule has 1 rings (SSSR count). The van der Waals surface area contributed by atoms with Crippen LogP contribution in [-0.4, -0.2) is 25.8 Å². The van der Waals surface area contributed by atoms with Crippen molar-refractivity contribution in [3.63, 3.8) is 0 Å². The van der Waals surface area contributed by atoms with Gasteiger partial charge >= 0.3 is 0 Å². The number of benzene rings is 1. The van der Waals surface area contributed by atoms with E-state index >= 15 is 0 Å². The first kappa shape index (κ1) is 17.6. The predicted molar refractivity (Wildman–Crippen MR) is 81.3 cm³/mol. The van der Waals surface area contributed by atoms with Gasteiger partial charge < -0.3 is 5.73 Å². The van der Waals surface area contributed by atoms with Gasteiger partial charge in [-0.3, -0.25) is 0 Å². The van der Waals surface area contributed by atoms with E-state index in [9.17, 15) is 12.8 Å². The number of rotatable bonds is 7. The normalized spacial score (nSPS) is 12.1. The summed E-state index contributed by atoms with van der Waals surface area (Å²) in [6.07, 6.45) is 1.62. The summed E-state index contributed by atoms with van der Waals surface area (Å²) in [5, 5.41) is 0. The molecule has 0 fully saturated rings.